The minimum atomic E-state index is -0.811. The predicted molar refractivity (Wildman–Crippen MR) is 214 cm³/mol. The summed E-state index contributed by atoms with van der Waals surface area (Å²) < 4.78 is 10.6. The highest BCUT2D eigenvalue weighted by atomic mass is 16.6. The van der Waals surface area contributed by atoms with Crippen LogP contribution in [-0.4, -0.2) is 36.4 Å². The lowest BCUT2D eigenvalue weighted by Gasteiger charge is -2.15. The zero-order valence-corrected chi connectivity index (χ0v) is 32.6. The Kier molecular flexibility index (Phi) is 39.1. The number of aliphatic hydroxyl groups excluding tert-OH is 1. The largest absolute Gasteiger partial charge is 0.462 e. The van der Waals surface area contributed by atoms with Gasteiger partial charge in [-0.15, -0.1) is 0 Å². The molecular weight excluding hydrogens is 620 g/mol. The third kappa shape index (κ3) is 38.4. The lowest BCUT2D eigenvalue weighted by molar-refractivity contribution is -0.161. The molecule has 0 saturated carbocycles. The van der Waals surface area contributed by atoms with Crippen molar-refractivity contribution in [3.63, 3.8) is 0 Å². The van der Waals surface area contributed by atoms with Gasteiger partial charge in [0.05, 0.1) is 6.61 Å². The number of carbonyl (C=O) groups is 2. The van der Waals surface area contributed by atoms with Crippen LogP contribution in [0.2, 0.25) is 0 Å². The molecule has 5 heteroatoms. The highest BCUT2D eigenvalue weighted by Crippen LogP contribution is 2.14. The highest BCUT2D eigenvalue weighted by Gasteiger charge is 2.15. The Morgan fingerprint density at radius 2 is 0.840 bits per heavy atom. The van der Waals surface area contributed by atoms with Gasteiger partial charge < -0.3 is 14.6 Å². The zero-order valence-electron chi connectivity index (χ0n) is 32.6. The fourth-order valence-corrected chi connectivity index (χ4v) is 5.65. The van der Waals surface area contributed by atoms with E-state index in [4.69, 9.17) is 9.47 Å². The molecule has 0 aromatic rings. The van der Waals surface area contributed by atoms with Crippen LogP contribution >= 0.6 is 0 Å². The van der Waals surface area contributed by atoms with Crippen LogP contribution in [0, 0.1) is 0 Å². The zero-order chi connectivity index (χ0) is 36.4. The van der Waals surface area contributed by atoms with Crippen molar-refractivity contribution in [2.24, 2.45) is 0 Å². The predicted octanol–water partition coefficient (Wildman–Crippen LogP) is 13.2. The summed E-state index contributed by atoms with van der Waals surface area (Å²) in [5, 5.41) is 9.55. The lowest BCUT2D eigenvalue weighted by atomic mass is 10.0. The number of hydrogen-bond acceptors (Lipinski definition) is 5. The van der Waals surface area contributed by atoms with Gasteiger partial charge in [0.25, 0.3) is 0 Å². The second-order valence-electron chi connectivity index (χ2n) is 13.7. The average molecular weight is 699 g/mol. The van der Waals surface area contributed by atoms with Crippen molar-refractivity contribution in [1.82, 2.24) is 0 Å². The number of aliphatic hydroxyl groups is 1. The Morgan fingerprint density at radius 3 is 1.28 bits per heavy atom. The summed E-state index contributed by atoms with van der Waals surface area (Å²) in [7, 11) is 0. The number of unbranched alkanes of at least 4 members (excludes halogenated alkanes) is 19. The summed E-state index contributed by atoms with van der Waals surface area (Å²) >= 11 is 0. The number of ether oxygens (including phenoxy) is 2. The van der Waals surface area contributed by atoms with Crippen molar-refractivity contribution in [3.8, 4) is 0 Å². The van der Waals surface area contributed by atoms with Gasteiger partial charge in [-0.25, -0.2) is 0 Å². The molecule has 0 radical (unpaired) electrons. The standard InChI is InChI=1S/C45H78O5/c1-3-5-7-9-11-13-15-17-19-21-22-24-26-28-30-32-34-36-38-40-45(48)50-43(41-46)42-49-44(47)39-37-35-33-31-29-27-25-23-20-18-16-14-12-10-8-6-4-2/h11,13,17,19,22,24,28,30,34,36,43,46H,3-10,12,14-16,18,20-21,23,25-27,29,31-33,35,37-42H2,1-2H3. The second kappa shape index (κ2) is 41.0. The number of rotatable bonds is 37. The normalized spacial score (nSPS) is 12.8. The van der Waals surface area contributed by atoms with Crippen molar-refractivity contribution >= 4 is 11.9 Å². The molecule has 0 aromatic carbocycles. The van der Waals surface area contributed by atoms with Crippen LogP contribution in [0.4, 0.5) is 0 Å². The molecule has 0 heterocycles. The van der Waals surface area contributed by atoms with E-state index in [2.05, 4.69) is 62.5 Å². The number of esters is 2. The summed E-state index contributed by atoms with van der Waals surface area (Å²) in [6.07, 6.45) is 52.9. The van der Waals surface area contributed by atoms with Crippen LogP contribution in [0.15, 0.2) is 60.8 Å². The van der Waals surface area contributed by atoms with Crippen molar-refractivity contribution < 1.29 is 24.2 Å². The van der Waals surface area contributed by atoms with Gasteiger partial charge in [0.2, 0.25) is 0 Å². The van der Waals surface area contributed by atoms with Crippen LogP contribution < -0.4 is 0 Å². The van der Waals surface area contributed by atoms with E-state index in [1.807, 2.05) is 12.2 Å². The fourth-order valence-electron chi connectivity index (χ4n) is 5.65. The molecule has 0 rings (SSSR count). The van der Waals surface area contributed by atoms with Gasteiger partial charge in [0.15, 0.2) is 6.10 Å². The van der Waals surface area contributed by atoms with Crippen molar-refractivity contribution in [3.05, 3.63) is 60.8 Å². The van der Waals surface area contributed by atoms with E-state index in [-0.39, 0.29) is 25.6 Å². The highest BCUT2D eigenvalue weighted by molar-refractivity contribution is 5.70. The maximum Gasteiger partial charge on any atom is 0.306 e. The van der Waals surface area contributed by atoms with E-state index in [0.29, 0.717) is 12.8 Å². The first-order valence-corrected chi connectivity index (χ1v) is 20.8. The molecule has 0 aliphatic carbocycles. The molecule has 0 fully saturated rings. The number of allylic oxidation sites excluding steroid dienone is 10. The molecular formula is C45H78O5. The molecule has 0 aliphatic rings. The maximum absolute atomic E-state index is 12.1. The maximum atomic E-state index is 12.1. The Labute approximate surface area is 309 Å². The molecule has 0 aromatic heterocycles. The van der Waals surface area contributed by atoms with Crippen LogP contribution in [0.1, 0.15) is 194 Å². The molecule has 50 heavy (non-hydrogen) atoms. The number of hydrogen-bond donors (Lipinski definition) is 1. The molecule has 0 amide bonds. The average Bonchev–Trinajstić information content (AvgIpc) is 3.12. The number of carbonyl (C=O) groups excluding carboxylic acids is 2. The Hall–Kier alpha value is -2.40. The van der Waals surface area contributed by atoms with Gasteiger partial charge >= 0.3 is 11.9 Å². The molecule has 1 N–H and O–H groups in total. The van der Waals surface area contributed by atoms with Crippen LogP contribution in [0.5, 0.6) is 0 Å². The first-order chi connectivity index (χ1) is 24.6. The summed E-state index contributed by atoms with van der Waals surface area (Å²) in [6, 6.07) is 0. The molecule has 1 unspecified atom stereocenters. The monoisotopic (exact) mass is 699 g/mol. The van der Waals surface area contributed by atoms with E-state index < -0.39 is 12.1 Å². The van der Waals surface area contributed by atoms with Gasteiger partial charge in [-0.05, 0) is 51.4 Å². The second-order valence-corrected chi connectivity index (χ2v) is 13.7. The Balaban J connectivity index is 3.67. The van der Waals surface area contributed by atoms with E-state index in [9.17, 15) is 14.7 Å². The molecule has 0 bridgehead atoms. The van der Waals surface area contributed by atoms with Gasteiger partial charge in [0, 0.05) is 12.8 Å². The van der Waals surface area contributed by atoms with Crippen LogP contribution in [0.3, 0.4) is 0 Å². The fraction of sp³-hybridized carbons (Fsp3) is 0.733. The summed E-state index contributed by atoms with van der Waals surface area (Å²) in [6.45, 7) is 4.05. The van der Waals surface area contributed by atoms with E-state index >= 15 is 0 Å². The summed E-state index contributed by atoms with van der Waals surface area (Å²) in [4.78, 5) is 24.3. The first kappa shape index (κ1) is 47.6. The Bertz CT molecular complexity index is 884. The lowest BCUT2D eigenvalue weighted by Crippen LogP contribution is -2.28. The summed E-state index contributed by atoms with van der Waals surface area (Å²) in [5.41, 5.74) is 0. The van der Waals surface area contributed by atoms with Gasteiger partial charge in [-0.2, -0.15) is 0 Å². The first-order valence-electron chi connectivity index (χ1n) is 20.8. The van der Waals surface area contributed by atoms with E-state index in [1.165, 1.54) is 116 Å². The Morgan fingerprint density at radius 1 is 0.460 bits per heavy atom. The van der Waals surface area contributed by atoms with Crippen LogP contribution in [-0.2, 0) is 19.1 Å². The molecule has 0 aliphatic heterocycles. The van der Waals surface area contributed by atoms with E-state index in [1.54, 1.807) is 0 Å². The summed E-state index contributed by atoms with van der Waals surface area (Å²) in [5.74, 6) is -0.684. The SMILES string of the molecule is CCCCCC=CCC=CCC=CCC=CCC=CCCC(=O)OC(CO)COC(=O)CCCCCCCCCCCCCCCCCCC. The van der Waals surface area contributed by atoms with Crippen LogP contribution in [0.25, 0.3) is 0 Å². The smallest absolute Gasteiger partial charge is 0.306 e. The van der Waals surface area contributed by atoms with Crippen molar-refractivity contribution in [1.29, 1.82) is 0 Å². The van der Waals surface area contributed by atoms with Crippen molar-refractivity contribution in [2.45, 2.75) is 200 Å². The molecule has 0 saturated heterocycles. The minimum absolute atomic E-state index is 0.0953. The quantitative estimate of drug-likeness (QED) is 0.0397. The molecule has 0 spiro atoms. The van der Waals surface area contributed by atoms with Gasteiger partial charge in [0.1, 0.15) is 6.61 Å². The van der Waals surface area contributed by atoms with Crippen molar-refractivity contribution in [2.75, 3.05) is 13.2 Å². The topological polar surface area (TPSA) is 72.8 Å². The molecule has 5 nitrogen and oxygen atoms in total. The third-order valence-electron chi connectivity index (χ3n) is 8.83. The minimum Gasteiger partial charge on any atom is -0.462 e. The molecule has 1 atom stereocenters. The van der Waals surface area contributed by atoms with Gasteiger partial charge in [-0.1, -0.05) is 190 Å². The van der Waals surface area contributed by atoms with Gasteiger partial charge in [-0.3, -0.25) is 9.59 Å². The third-order valence-corrected chi connectivity index (χ3v) is 8.83. The van der Waals surface area contributed by atoms with E-state index in [0.717, 1.165) is 44.9 Å². The molecule has 288 valence electrons.